The first-order valence-electron chi connectivity index (χ1n) is 8.61. The lowest BCUT2D eigenvalue weighted by molar-refractivity contribution is 0.459. The highest BCUT2D eigenvalue weighted by Gasteiger charge is 2.19. The minimum Gasteiger partial charge on any atom is -0.325 e. The highest BCUT2D eigenvalue weighted by atomic mass is 32.1. The summed E-state index contributed by atoms with van der Waals surface area (Å²) in [6, 6.07) is 10.0. The van der Waals surface area contributed by atoms with E-state index in [1.165, 1.54) is 23.4 Å². The number of anilines is 2. The van der Waals surface area contributed by atoms with Crippen LogP contribution in [0.3, 0.4) is 0 Å². The molecule has 128 valence electrons. The molecule has 0 amide bonds. The molecule has 1 aliphatic heterocycles. The quantitative estimate of drug-likeness (QED) is 0.740. The summed E-state index contributed by atoms with van der Waals surface area (Å²) < 4.78 is 0. The Labute approximate surface area is 151 Å². The van der Waals surface area contributed by atoms with E-state index in [2.05, 4.69) is 27.5 Å². The van der Waals surface area contributed by atoms with Gasteiger partial charge in [-0.15, -0.1) is 11.3 Å². The van der Waals surface area contributed by atoms with Gasteiger partial charge in [-0.25, -0.2) is 15.0 Å². The topological polar surface area (TPSA) is 62.7 Å². The fourth-order valence-electron chi connectivity index (χ4n) is 3.04. The molecule has 4 rings (SSSR count). The van der Waals surface area contributed by atoms with Crippen LogP contribution in [-0.4, -0.2) is 28.0 Å². The van der Waals surface area contributed by atoms with Crippen molar-refractivity contribution in [3.63, 3.8) is 0 Å². The minimum absolute atomic E-state index is 0.581. The highest BCUT2D eigenvalue weighted by molar-refractivity contribution is 7.15. The molecular weight excluding hydrogens is 330 g/mol. The van der Waals surface area contributed by atoms with Gasteiger partial charge in [-0.2, -0.15) is 0 Å². The number of hydrogen-bond donors (Lipinski definition) is 2. The molecule has 4 heterocycles. The Kier molecular flexibility index (Phi) is 4.72. The fourth-order valence-corrected chi connectivity index (χ4v) is 4.10. The van der Waals surface area contributed by atoms with Gasteiger partial charge in [0.05, 0.1) is 15.6 Å². The van der Waals surface area contributed by atoms with Crippen LogP contribution in [0.2, 0.25) is 0 Å². The first kappa shape index (κ1) is 16.2. The van der Waals surface area contributed by atoms with E-state index in [-0.39, 0.29) is 0 Å². The standard InChI is InChI=1S/C19H21N5S/c1-13-5-10-21-18(11-13)24-17-4-2-3-15(23-17)16-12-22-19(25-16)14-6-8-20-9-7-14/h2-5,10-12,14,20H,6-9H2,1H3,(H,21,23,24). The van der Waals surface area contributed by atoms with Crippen molar-refractivity contribution < 1.29 is 0 Å². The van der Waals surface area contributed by atoms with Gasteiger partial charge in [0, 0.05) is 18.3 Å². The Morgan fingerprint density at radius 3 is 2.84 bits per heavy atom. The third-order valence-corrected chi connectivity index (χ3v) is 5.57. The summed E-state index contributed by atoms with van der Waals surface area (Å²) in [6.07, 6.45) is 6.09. The van der Waals surface area contributed by atoms with Gasteiger partial charge in [0.2, 0.25) is 0 Å². The SMILES string of the molecule is Cc1ccnc(Nc2cccc(-c3cnc(C4CCNCC4)s3)n2)c1. The van der Waals surface area contributed by atoms with Crippen LogP contribution in [0.15, 0.2) is 42.7 Å². The lowest BCUT2D eigenvalue weighted by Gasteiger charge is -2.20. The van der Waals surface area contributed by atoms with Crippen LogP contribution in [0.5, 0.6) is 0 Å². The van der Waals surface area contributed by atoms with Gasteiger partial charge in [0.1, 0.15) is 11.6 Å². The lowest BCUT2D eigenvalue weighted by Crippen LogP contribution is -2.26. The van der Waals surface area contributed by atoms with Crippen LogP contribution in [0, 0.1) is 6.92 Å². The first-order valence-corrected chi connectivity index (χ1v) is 9.43. The predicted octanol–water partition coefficient (Wildman–Crippen LogP) is 4.12. The summed E-state index contributed by atoms with van der Waals surface area (Å²) in [5.41, 5.74) is 2.12. The number of nitrogens with one attached hydrogen (secondary N) is 2. The molecule has 3 aromatic heterocycles. The van der Waals surface area contributed by atoms with E-state index < -0.39 is 0 Å². The van der Waals surface area contributed by atoms with Crippen LogP contribution in [0.4, 0.5) is 11.6 Å². The zero-order valence-corrected chi connectivity index (χ0v) is 15.0. The molecule has 6 heteroatoms. The molecule has 0 bridgehead atoms. The van der Waals surface area contributed by atoms with Crippen molar-refractivity contribution in [1.82, 2.24) is 20.3 Å². The molecule has 0 saturated carbocycles. The van der Waals surface area contributed by atoms with E-state index in [0.717, 1.165) is 35.3 Å². The second-order valence-electron chi connectivity index (χ2n) is 6.34. The summed E-state index contributed by atoms with van der Waals surface area (Å²) in [6.45, 7) is 4.22. The zero-order valence-electron chi connectivity index (χ0n) is 14.2. The molecule has 1 saturated heterocycles. The van der Waals surface area contributed by atoms with Gasteiger partial charge in [-0.3, -0.25) is 0 Å². The van der Waals surface area contributed by atoms with Crippen LogP contribution in [0.25, 0.3) is 10.6 Å². The molecule has 0 unspecified atom stereocenters. The van der Waals surface area contributed by atoms with Gasteiger partial charge >= 0.3 is 0 Å². The van der Waals surface area contributed by atoms with E-state index in [1.54, 1.807) is 17.5 Å². The Hall–Kier alpha value is -2.31. The van der Waals surface area contributed by atoms with Crippen molar-refractivity contribution in [2.24, 2.45) is 0 Å². The minimum atomic E-state index is 0.581. The predicted molar refractivity (Wildman–Crippen MR) is 102 cm³/mol. The first-order chi connectivity index (χ1) is 12.3. The Bertz CT molecular complexity index is 854. The van der Waals surface area contributed by atoms with Crippen molar-refractivity contribution in [3.8, 4) is 10.6 Å². The molecule has 25 heavy (non-hydrogen) atoms. The summed E-state index contributed by atoms with van der Waals surface area (Å²) in [5.74, 6) is 2.19. The van der Waals surface area contributed by atoms with Crippen molar-refractivity contribution in [1.29, 1.82) is 0 Å². The Morgan fingerprint density at radius 2 is 2.00 bits per heavy atom. The molecular formula is C19H21N5S. The number of aromatic nitrogens is 3. The van der Waals surface area contributed by atoms with Crippen LogP contribution in [-0.2, 0) is 0 Å². The number of rotatable bonds is 4. The fraction of sp³-hybridized carbons (Fsp3) is 0.316. The number of thiazole rings is 1. The molecule has 0 aromatic carbocycles. The molecule has 0 radical (unpaired) electrons. The molecule has 2 N–H and O–H groups in total. The maximum absolute atomic E-state index is 4.73. The van der Waals surface area contributed by atoms with Crippen LogP contribution < -0.4 is 10.6 Å². The number of nitrogens with zero attached hydrogens (tertiary/aromatic N) is 3. The van der Waals surface area contributed by atoms with Gasteiger partial charge in [0.25, 0.3) is 0 Å². The van der Waals surface area contributed by atoms with E-state index in [1.807, 2.05) is 36.5 Å². The second-order valence-corrected chi connectivity index (χ2v) is 7.40. The third-order valence-electron chi connectivity index (χ3n) is 4.39. The number of pyridine rings is 2. The van der Waals surface area contributed by atoms with Gasteiger partial charge < -0.3 is 10.6 Å². The largest absolute Gasteiger partial charge is 0.325 e. The van der Waals surface area contributed by atoms with E-state index in [9.17, 15) is 0 Å². The molecule has 1 aliphatic rings. The van der Waals surface area contributed by atoms with E-state index in [4.69, 9.17) is 4.98 Å². The summed E-state index contributed by atoms with van der Waals surface area (Å²) in [4.78, 5) is 14.8. The zero-order chi connectivity index (χ0) is 17.1. The molecule has 0 spiro atoms. The maximum atomic E-state index is 4.73. The number of hydrogen-bond acceptors (Lipinski definition) is 6. The van der Waals surface area contributed by atoms with Crippen LogP contribution >= 0.6 is 11.3 Å². The number of aryl methyl sites for hydroxylation is 1. The van der Waals surface area contributed by atoms with Gasteiger partial charge in [-0.05, 0) is 62.7 Å². The Morgan fingerprint density at radius 1 is 1.12 bits per heavy atom. The second kappa shape index (κ2) is 7.29. The molecule has 3 aromatic rings. The summed E-state index contributed by atoms with van der Waals surface area (Å²) >= 11 is 1.77. The Balaban J connectivity index is 1.54. The van der Waals surface area contributed by atoms with Crippen LogP contribution in [0.1, 0.15) is 29.3 Å². The molecule has 0 aliphatic carbocycles. The van der Waals surface area contributed by atoms with E-state index >= 15 is 0 Å². The van der Waals surface area contributed by atoms with Crippen molar-refractivity contribution >= 4 is 23.0 Å². The molecule has 0 atom stereocenters. The third kappa shape index (κ3) is 3.86. The summed E-state index contributed by atoms with van der Waals surface area (Å²) in [5, 5.41) is 7.92. The van der Waals surface area contributed by atoms with Gasteiger partial charge in [-0.1, -0.05) is 6.07 Å². The van der Waals surface area contributed by atoms with Crippen molar-refractivity contribution in [2.75, 3.05) is 18.4 Å². The van der Waals surface area contributed by atoms with E-state index in [0.29, 0.717) is 5.92 Å². The summed E-state index contributed by atoms with van der Waals surface area (Å²) in [7, 11) is 0. The maximum Gasteiger partial charge on any atom is 0.132 e. The highest BCUT2D eigenvalue weighted by Crippen LogP contribution is 2.33. The lowest BCUT2D eigenvalue weighted by atomic mass is 9.99. The molecule has 5 nitrogen and oxygen atoms in total. The molecule has 1 fully saturated rings. The van der Waals surface area contributed by atoms with Crippen molar-refractivity contribution in [3.05, 3.63) is 53.3 Å². The average Bonchev–Trinajstić information content (AvgIpc) is 3.13. The van der Waals surface area contributed by atoms with Crippen molar-refractivity contribution in [2.45, 2.75) is 25.7 Å². The van der Waals surface area contributed by atoms with Gasteiger partial charge in [0.15, 0.2) is 0 Å². The average molecular weight is 351 g/mol. The normalized spacial score (nSPS) is 15.2. The smallest absolute Gasteiger partial charge is 0.132 e. The number of piperidine rings is 1. The monoisotopic (exact) mass is 351 g/mol.